The van der Waals surface area contributed by atoms with Gasteiger partial charge in [0.25, 0.3) is 0 Å². The van der Waals surface area contributed by atoms with Crippen molar-refractivity contribution in [2.75, 3.05) is 26.2 Å². The molecule has 1 aromatic rings. The third-order valence-corrected chi connectivity index (χ3v) is 8.36. The number of allylic oxidation sites excluding steroid dienone is 3. The molecule has 0 aromatic heterocycles. The Labute approximate surface area is 233 Å². The van der Waals surface area contributed by atoms with E-state index in [4.69, 9.17) is 30.5 Å². The van der Waals surface area contributed by atoms with E-state index in [-0.39, 0.29) is 23.8 Å². The summed E-state index contributed by atoms with van der Waals surface area (Å²) in [5.74, 6) is -0.323. The summed E-state index contributed by atoms with van der Waals surface area (Å²) >= 11 is 6.58. The number of amides is 2. The number of hydrogen-bond acceptors (Lipinski definition) is 8. The molecular formula is C28H37ClN2O8. The van der Waals surface area contributed by atoms with Crippen molar-refractivity contribution in [3.05, 3.63) is 46.5 Å². The van der Waals surface area contributed by atoms with Crippen LogP contribution in [0.1, 0.15) is 39.2 Å². The summed E-state index contributed by atoms with van der Waals surface area (Å²) in [5, 5.41) is 25.3. The van der Waals surface area contributed by atoms with E-state index in [2.05, 4.69) is 5.32 Å². The molecule has 10 nitrogen and oxygen atoms in total. The molecule has 214 valence electrons. The normalized spacial score (nSPS) is 37.6. The van der Waals surface area contributed by atoms with Crippen LogP contribution in [0.3, 0.4) is 0 Å². The third kappa shape index (κ3) is 5.81. The Morgan fingerprint density at radius 3 is 2.64 bits per heavy atom. The molecule has 2 amide bonds. The van der Waals surface area contributed by atoms with Gasteiger partial charge in [0.2, 0.25) is 5.91 Å². The highest BCUT2D eigenvalue weighted by Crippen LogP contribution is 2.48. The number of ether oxygens (including phenoxy) is 4. The van der Waals surface area contributed by atoms with Crippen LogP contribution in [0, 0.1) is 5.92 Å². The summed E-state index contributed by atoms with van der Waals surface area (Å²) in [6, 6.07) is 3.63. The fourth-order valence-corrected chi connectivity index (χ4v) is 5.78. The number of rotatable bonds is 2. The second kappa shape index (κ2) is 11.1. The molecule has 7 atom stereocenters. The number of fused-ring (bicyclic) bond motifs is 5. The highest BCUT2D eigenvalue weighted by Gasteiger charge is 2.62. The van der Waals surface area contributed by atoms with E-state index in [1.807, 2.05) is 32.1 Å². The van der Waals surface area contributed by atoms with Crippen LogP contribution in [0.15, 0.2) is 35.9 Å². The summed E-state index contributed by atoms with van der Waals surface area (Å²) in [6.07, 6.45) is 1.63. The fraction of sp³-hybridized carbons (Fsp3) is 0.571. The molecule has 39 heavy (non-hydrogen) atoms. The minimum absolute atomic E-state index is 0.0310. The number of halogens is 1. The van der Waals surface area contributed by atoms with Crippen molar-refractivity contribution >= 4 is 29.3 Å². The molecule has 0 radical (unpaired) electrons. The van der Waals surface area contributed by atoms with Gasteiger partial charge in [-0.2, -0.15) is 0 Å². The molecule has 11 heteroatoms. The van der Waals surface area contributed by atoms with E-state index >= 15 is 0 Å². The maximum absolute atomic E-state index is 13.3. The minimum atomic E-state index is -1.73. The Morgan fingerprint density at radius 2 is 1.97 bits per heavy atom. The average molecular weight is 565 g/mol. The van der Waals surface area contributed by atoms with Crippen LogP contribution in [-0.2, 0) is 25.4 Å². The van der Waals surface area contributed by atoms with Gasteiger partial charge in [-0.1, -0.05) is 42.3 Å². The van der Waals surface area contributed by atoms with Gasteiger partial charge in [0.05, 0.1) is 31.4 Å². The third-order valence-electron chi connectivity index (χ3n) is 7.98. The molecule has 0 aliphatic carbocycles. The van der Waals surface area contributed by atoms with Crippen molar-refractivity contribution < 1.29 is 38.7 Å². The number of alkyl carbamates (subject to hydrolysis) is 1. The van der Waals surface area contributed by atoms with Crippen molar-refractivity contribution in [2.45, 2.75) is 75.8 Å². The van der Waals surface area contributed by atoms with Crippen LogP contribution in [0.4, 0.5) is 10.5 Å². The van der Waals surface area contributed by atoms with Crippen LogP contribution >= 0.6 is 11.6 Å². The first kappa shape index (κ1) is 29.4. The Balaban J connectivity index is 1.74. The van der Waals surface area contributed by atoms with Gasteiger partial charge in [-0.3, -0.25) is 10.1 Å². The van der Waals surface area contributed by atoms with Crippen LogP contribution in [0.25, 0.3) is 0 Å². The van der Waals surface area contributed by atoms with E-state index in [9.17, 15) is 19.8 Å². The van der Waals surface area contributed by atoms with Crippen molar-refractivity contribution in [3.8, 4) is 5.75 Å². The Kier molecular flexibility index (Phi) is 8.35. The Bertz CT molecular complexity index is 1190. The molecule has 4 bridgehead atoms. The predicted octanol–water partition coefficient (Wildman–Crippen LogP) is 3.12. The molecular weight excluding hydrogens is 528 g/mol. The number of nitrogens with one attached hydrogen (secondary N) is 1. The zero-order valence-corrected chi connectivity index (χ0v) is 23.8. The molecule has 3 N–H and O–H groups in total. The van der Waals surface area contributed by atoms with Crippen molar-refractivity contribution in [3.63, 3.8) is 0 Å². The van der Waals surface area contributed by atoms with Gasteiger partial charge in [-0.05, 0) is 38.0 Å². The summed E-state index contributed by atoms with van der Waals surface area (Å²) in [4.78, 5) is 27.1. The minimum Gasteiger partial charge on any atom is -0.495 e. The second-order valence-electron chi connectivity index (χ2n) is 10.8. The standard InChI is InChI=1S/C28H37ClN2O8/c1-15-8-7-9-22(37-6)28(35)14-20(38-26(34)30-28)16(2)25-27(3,39-25)21(32)13-23(33)31(4)18-11-17(10-15)12-19(36-5)24(18)29/h7-9,11-12,16,20-22,25,32,35H,10,13-14H2,1-6H3,(H,30,34)/b9-7+,15-8+/t16-,20?,21?,22-,25?,27+,28+/m1/s1. The Morgan fingerprint density at radius 1 is 1.26 bits per heavy atom. The average Bonchev–Trinajstić information content (AvgIpc) is 3.58. The number of carbonyl (C=O) groups excluding carboxylic acids is 2. The summed E-state index contributed by atoms with van der Waals surface area (Å²) < 4.78 is 22.4. The van der Waals surface area contributed by atoms with Crippen LogP contribution in [0.5, 0.6) is 5.75 Å². The first-order chi connectivity index (χ1) is 18.3. The first-order valence-corrected chi connectivity index (χ1v) is 13.3. The van der Waals surface area contributed by atoms with Crippen LogP contribution < -0.4 is 15.0 Å². The van der Waals surface area contributed by atoms with Gasteiger partial charge in [0, 0.05) is 26.5 Å². The SMILES string of the molecule is COc1cc2cc(c1Cl)N(C)C(=O)CC(O)[C@]1(C)OC1[C@H](C)C1C[C@@](O)(NC(=O)O1)[C@H](OC)/C=C/C=C(\C)C2. The number of anilines is 1. The zero-order valence-electron chi connectivity index (χ0n) is 23.1. The highest BCUT2D eigenvalue weighted by molar-refractivity contribution is 6.35. The quantitative estimate of drug-likeness (QED) is 0.467. The maximum Gasteiger partial charge on any atom is 0.409 e. The number of benzene rings is 1. The lowest BCUT2D eigenvalue weighted by molar-refractivity contribution is -0.142. The monoisotopic (exact) mass is 564 g/mol. The van der Waals surface area contributed by atoms with Crippen molar-refractivity contribution in [1.82, 2.24) is 5.32 Å². The van der Waals surface area contributed by atoms with Gasteiger partial charge in [0.1, 0.15) is 28.6 Å². The molecule has 3 aliphatic heterocycles. The lowest BCUT2D eigenvalue weighted by Gasteiger charge is -2.42. The van der Waals surface area contributed by atoms with Gasteiger partial charge in [-0.15, -0.1) is 0 Å². The van der Waals surface area contributed by atoms with Crippen molar-refractivity contribution in [1.29, 1.82) is 0 Å². The zero-order chi connectivity index (χ0) is 28.7. The molecule has 3 aliphatic rings. The molecule has 3 heterocycles. The fourth-order valence-electron chi connectivity index (χ4n) is 5.46. The molecule has 4 rings (SSSR count). The first-order valence-electron chi connectivity index (χ1n) is 12.9. The molecule has 1 aromatic carbocycles. The van der Waals surface area contributed by atoms with Crippen LogP contribution in [0.2, 0.25) is 5.02 Å². The second-order valence-corrected chi connectivity index (χ2v) is 11.2. The van der Waals surface area contributed by atoms with Gasteiger partial charge >= 0.3 is 6.09 Å². The number of nitrogens with zero attached hydrogens (tertiary/aromatic N) is 1. The van der Waals surface area contributed by atoms with E-state index in [0.717, 1.165) is 11.1 Å². The number of methoxy groups -OCH3 is 2. The van der Waals surface area contributed by atoms with E-state index in [1.165, 1.54) is 19.1 Å². The number of carbonyl (C=O) groups is 2. The lowest BCUT2D eigenvalue weighted by Crippen LogP contribution is -2.63. The van der Waals surface area contributed by atoms with Gasteiger partial charge < -0.3 is 34.1 Å². The molecule has 2 saturated heterocycles. The topological polar surface area (TPSA) is 130 Å². The van der Waals surface area contributed by atoms with Crippen LogP contribution in [-0.4, -0.2) is 79.2 Å². The van der Waals surface area contributed by atoms with E-state index in [1.54, 1.807) is 26.1 Å². The summed E-state index contributed by atoms with van der Waals surface area (Å²) in [7, 11) is 4.56. The molecule has 3 unspecified atom stereocenters. The largest absolute Gasteiger partial charge is 0.495 e. The number of epoxide rings is 1. The Hall–Kier alpha value is -2.63. The summed E-state index contributed by atoms with van der Waals surface area (Å²) in [5.41, 5.74) is -0.479. The molecule has 0 spiro atoms. The molecule has 2 fully saturated rings. The van der Waals surface area contributed by atoms with Crippen molar-refractivity contribution in [2.24, 2.45) is 5.92 Å². The maximum atomic E-state index is 13.3. The van der Waals surface area contributed by atoms with Gasteiger partial charge in [-0.25, -0.2) is 4.79 Å². The van der Waals surface area contributed by atoms with E-state index in [0.29, 0.717) is 17.9 Å². The van der Waals surface area contributed by atoms with Gasteiger partial charge in [0.15, 0.2) is 5.72 Å². The predicted molar refractivity (Wildman–Crippen MR) is 145 cm³/mol. The lowest BCUT2D eigenvalue weighted by atomic mass is 9.84. The number of hydrogen-bond donors (Lipinski definition) is 3. The smallest absolute Gasteiger partial charge is 0.409 e. The number of aliphatic hydroxyl groups excluding tert-OH is 1. The highest BCUT2D eigenvalue weighted by atomic mass is 35.5. The molecule has 0 saturated carbocycles. The number of aliphatic hydroxyl groups is 2. The van der Waals surface area contributed by atoms with E-state index < -0.39 is 47.8 Å². The summed E-state index contributed by atoms with van der Waals surface area (Å²) in [6.45, 7) is 5.48.